The zero-order valence-corrected chi connectivity index (χ0v) is 17.4. The molecule has 0 saturated heterocycles. The fourth-order valence-electron chi connectivity index (χ4n) is 4.08. The lowest BCUT2D eigenvalue weighted by atomic mass is 9.99. The Bertz CT molecular complexity index is 960. The summed E-state index contributed by atoms with van der Waals surface area (Å²) in [6, 6.07) is 6.61. The molecule has 31 heavy (non-hydrogen) atoms. The van der Waals surface area contributed by atoms with E-state index in [0.717, 1.165) is 11.6 Å². The zero-order chi connectivity index (χ0) is 22.7. The molecule has 3 rings (SSSR count). The molecular weight excluding hydrogens is 437 g/mol. The van der Waals surface area contributed by atoms with Crippen molar-refractivity contribution in [3.8, 4) is 5.75 Å². The van der Waals surface area contributed by atoms with Crippen LogP contribution in [-0.4, -0.2) is 23.2 Å². The van der Waals surface area contributed by atoms with E-state index in [1.807, 2.05) is 0 Å². The molecule has 6 nitrogen and oxygen atoms in total. The molecule has 3 atom stereocenters. The van der Waals surface area contributed by atoms with E-state index in [9.17, 15) is 28.4 Å². The number of rotatable bonds is 10. The average Bonchev–Trinajstić information content (AvgIpc) is 3.30. The van der Waals surface area contributed by atoms with Gasteiger partial charge in [0.2, 0.25) is 0 Å². The van der Waals surface area contributed by atoms with Gasteiger partial charge in [0.25, 0.3) is 5.69 Å². The summed E-state index contributed by atoms with van der Waals surface area (Å²) >= 11 is 5.76. The molecule has 0 aliphatic heterocycles. The van der Waals surface area contributed by atoms with E-state index in [1.54, 1.807) is 12.1 Å². The molecule has 0 aromatic heterocycles. The minimum absolute atomic E-state index is 0.0350. The van der Waals surface area contributed by atoms with Crippen molar-refractivity contribution in [1.29, 1.82) is 0 Å². The molecule has 1 fully saturated rings. The van der Waals surface area contributed by atoms with Crippen LogP contribution in [0, 0.1) is 33.7 Å². The van der Waals surface area contributed by atoms with Gasteiger partial charge in [0.05, 0.1) is 16.0 Å². The normalized spacial score (nSPS) is 20.0. The summed E-state index contributed by atoms with van der Waals surface area (Å²) in [4.78, 5) is 10.5. The van der Waals surface area contributed by atoms with Crippen molar-refractivity contribution in [3.05, 3.63) is 62.4 Å². The Hall–Kier alpha value is -2.52. The van der Waals surface area contributed by atoms with Crippen molar-refractivity contribution in [2.75, 3.05) is 11.9 Å². The van der Waals surface area contributed by atoms with E-state index < -0.39 is 23.0 Å². The lowest BCUT2D eigenvalue weighted by molar-refractivity contribution is -0.384. The third-order valence-corrected chi connectivity index (χ3v) is 6.10. The Morgan fingerprint density at radius 1 is 1.32 bits per heavy atom. The number of ether oxygens (including phenoxy) is 1. The van der Waals surface area contributed by atoms with Crippen molar-refractivity contribution in [2.45, 2.75) is 32.9 Å². The molecule has 10 heteroatoms. The van der Waals surface area contributed by atoms with Crippen LogP contribution in [0.15, 0.2) is 30.3 Å². The van der Waals surface area contributed by atoms with Gasteiger partial charge in [-0.2, -0.15) is 8.78 Å². The van der Waals surface area contributed by atoms with Gasteiger partial charge in [-0.15, -0.1) is 0 Å². The first-order chi connectivity index (χ1) is 14.7. The van der Waals surface area contributed by atoms with Gasteiger partial charge in [0.1, 0.15) is 17.3 Å². The number of hydrogen-bond acceptors (Lipinski definition) is 5. The Kier molecular flexibility index (Phi) is 7.27. The number of nitrogens with one attached hydrogen (secondary N) is 1. The van der Waals surface area contributed by atoms with Crippen molar-refractivity contribution in [1.82, 2.24) is 0 Å². The van der Waals surface area contributed by atoms with Gasteiger partial charge in [0.15, 0.2) is 0 Å². The molecule has 1 saturated carbocycles. The second-order valence-corrected chi connectivity index (χ2v) is 7.98. The number of aliphatic hydroxyl groups is 1. The number of nitro groups is 1. The van der Waals surface area contributed by atoms with Gasteiger partial charge in [-0.3, -0.25) is 10.1 Å². The maximum Gasteiger partial charge on any atom is 0.387 e. The van der Waals surface area contributed by atoms with Gasteiger partial charge >= 0.3 is 6.61 Å². The van der Waals surface area contributed by atoms with Crippen molar-refractivity contribution in [3.63, 3.8) is 0 Å². The minimum atomic E-state index is -3.04. The summed E-state index contributed by atoms with van der Waals surface area (Å²) in [5.74, 6) is 0.0657. The number of hydrogen-bond donors (Lipinski definition) is 2. The predicted octanol–water partition coefficient (Wildman–Crippen LogP) is 5.41. The van der Waals surface area contributed by atoms with Crippen LogP contribution in [0.1, 0.15) is 24.5 Å². The van der Waals surface area contributed by atoms with Crippen LogP contribution in [0.5, 0.6) is 5.75 Å². The van der Waals surface area contributed by atoms with Crippen LogP contribution in [0.2, 0.25) is 5.02 Å². The number of alkyl halides is 2. The number of nitrogens with zero attached hydrogens (tertiary/aromatic N) is 1. The lowest BCUT2D eigenvalue weighted by Crippen LogP contribution is -2.11. The monoisotopic (exact) mass is 458 g/mol. The third kappa shape index (κ3) is 5.40. The molecule has 1 aliphatic rings. The Morgan fingerprint density at radius 3 is 2.71 bits per heavy atom. The summed E-state index contributed by atoms with van der Waals surface area (Å²) in [5.41, 5.74) is 0.639. The molecule has 0 unspecified atom stereocenters. The van der Waals surface area contributed by atoms with Crippen molar-refractivity contribution in [2.24, 2.45) is 17.8 Å². The number of anilines is 1. The SMILES string of the molecule is C[C@@H]1[C@@H](CCO)[C@H]1Cc1cccc(OC(F)F)c1CNc1cc(Cl)c(F)cc1[N+](=O)[O-]. The van der Waals surface area contributed by atoms with E-state index in [-0.39, 0.29) is 29.6 Å². The predicted molar refractivity (Wildman–Crippen MR) is 110 cm³/mol. The molecule has 168 valence electrons. The van der Waals surface area contributed by atoms with E-state index in [4.69, 9.17) is 11.6 Å². The first kappa shape index (κ1) is 23.1. The molecule has 2 aromatic rings. The highest BCUT2D eigenvalue weighted by atomic mass is 35.5. The van der Waals surface area contributed by atoms with Crippen LogP contribution in [0.3, 0.4) is 0 Å². The molecular formula is C21H22ClF3N2O4. The Morgan fingerprint density at radius 2 is 2.06 bits per heavy atom. The quantitative estimate of drug-likeness (QED) is 0.367. The fourth-order valence-corrected chi connectivity index (χ4v) is 4.24. The Balaban J connectivity index is 1.89. The van der Waals surface area contributed by atoms with E-state index in [1.165, 1.54) is 6.07 Å². The molecule has 0 radical (unpaired) electrons. The van der Waals surface area contributed by atoms with Gasteiger partial charge in [-0.05, 0) is 48.3 Å². The van der Waals surface area contributed by atoms with E-state index in [0.29, 0.717) is 42.2 Å². The highest BCUT2D eigenvalue weighted by molar-refractivity contribution is 6.31. The highest BCUT2D eigenvalue weighted by Crippen LogP contribution is 2.50. The summed E-state index contributed by atoms with van der Waals surface area (Å²) in [7, 11) is 0. The number of benzene rings is 2. The van der Waals surface area contributed by atoms with Gasteiger partial charge in [-0.25, -0.2) is 4.39 Å². The second kappa shape index (κ2) is 9.74. The van der Waals surface area contributed by atoms with E-state index >= 15 is 0 Å². The molecule has 0 heterocycles. The molecule has 2 aromatic carbocycles. The smallest absolute Gasteiger partial charge is 0.387 e. The third-order valence-electron chi connectivity index (χ3n) is 5.81. The first-order valence-electron chi connectivity index (χ1n) is 9.76. The molecule has 0 amide bonds. The summed E-state index contributed by atoms with van der Waals surface area (Å²) in [6.07, 6.45) is 1.27. The summed E-state index contributed by atoms with van der Waals surface area (Å²) in [5, 5.41) is 23.0. The maximum atomic E-state index is 13.7. The molecule has 0 bridgehead atoms. The van der Waals surface area contributed by atoms with Crippen molar-refractivity contribution >= 4 is 23.0 Å². The van der Waals surface area contributed by atoms with Gasteiger partial charge < -0.3 is 15.2 Å². The van der Waals surface area contributed by atoms with Crippen molar-refractivity contribution < 1.29 is 27.9 Å². The van der Waals surface area contributed by atoms with Gasteiger partial charge in [-0.1, -0.05) is 30.7 Å². The molecule has 2 N–H and O–H groups in total. The maximum absolute atomic E-state index is 13.7. The van der Waals surface area contributed by atoms with Gasteiger partial charge in [0, 0.05) is 18.7 Å². The van der Waals surface area contributed by atoms with Crippen LogP contribution >= 0.6 is 11.6 Å². The first-order valence-corrected chi connectivity index (χ1v) is 10.1. The standard InChI is InChI=1S/C21H22ClF3N2O4/c1-11-13(5-6-28)14(11)7-12-3-2-4-20(31-21(24)25)15(12)10-26-18-8-16(22)17(23)9-19(18)27(29)30/h2-4,8-9,11,13-14,21,26,28H,5-7,10H2,1H3/t11-,13-,14+/m1/s1. The van der Waals surface area contributed by atoms with Crippen LogP contribution in [0.4, 0.5) is 24.5 Å². The number of nitro benzene ring substituents is 1. The summed E-state index contributed by atoms with van der Waals surface area (Å²) in [6.45, 7) is -0.937. The zero-order valence-electron chi connectivity index (χ0n) is 16.7. The molecule has 0 spiro atoms. The molecule has 1 aliphatic carbocycles. The fraction of sp³-hybridized carbons (Fsp3) is 0.429. The summed E-state index contributed by atoms with van der Waals surface area (Å²) < 4.78 is 44.2. The minimum Gasteiger partial charge on any atom is -0.434 e. The van der Waals surface area contributed by atoms with E-state index in [2.05, 4.69) is 17.0 Å². The largest absolute Gasteiger partial charge is 0.434 e. The topological polar surface area (TPSA) is 84.6 Å². The second-order valence-electron chi connectivity index (χ2n) is 7.57. The van der Waals surface area contributed by atoms with Crippen LogP contribution in [-0.2, 0) is 13.0 Å². The highest BCUT2D eigenvalue weighted by Gasteiger charge is 2.45. The van der Waals surface area contributed by atoms with Crippen LogP contribution < -0.4 is 10.1 Å². The number of aliphatic hydroxyl groups excluding tert-OH is 1. The lowest BCUT2D eigenvalue weighted by Gasteiger charge is -2.17. The number of halogens is 4. The Labute approximate surface area is 182 Å². The average molecular weight is 459 g/mol. The van der Waals surface area contributed by atoms with Crippen LogP contribution in [0.25, 0.3) is 0 Å².